The Morgan fingerprint density at radius 3 is 0.833 bits per heavy atom. The Morgan fingerprint density at radius 1 is 0.833 bits per heavy atom. The van der Waals surface area contributed by atoms with Gasteiger partial charge in [-0.3, -0.25) is 4.79 Å². The van der Waals surface area contributed by atoms with Gasteiger partial charge in [-0.2, -0.15) is 0 Å². The van der Waals surface area contributed by atoms with Crippen LogP contribution in [0, 0.1) is 0 Å². The van der Waals surface area contributed by atoms with Crippen LogP contribution in [0.4, 0.5) is 0 Å². The number of hydrogen-bond donors (Lipinski definition) is 0. The molecule has 0 unspecified atom stereocenters. The first-order valence-corrected chi connectivity index (χ1v) is 16.4. The van der Waals surface area contributed by atoms with Gasteiger partial charge in [0.05, 0.1) is 0 Å². The average molecular weight is 406 g/mol. The van der Waals surface area contributed by atoms with E-state index in [1.165, 1.54) is 0 Å². The second-order valence-corrected chi connectivity index (χ2v) is 13.9. The summed E-state index contributed by atoms with van der Waals surface area (Å²) in [7, 11) is 4.53. The molecule has 0 saturated heterocycles. The third kappa shape index (κ3) is 463. The summed E-state index contributed by atoms with van der Waals surface area (Å²) in [5.74, 6) is 0. The van der Waals surface area contributed by atoms with Gasteiger partial charge in [0, 0.05) is 0 Å². The Morgan fingerprint density at radius 2 is 0.833 bits per heavy atom. The van der Waals surface area contributed by atoms with Crippen LogP contribution in [0.1, 0.15) is 0 Å². The molecule has 0 aliphatic heterocycles. The maximum absolute atomic E-state index is 7.50. The second kappa shape index (κ2) is 29.3. The SMILES string of the molecule is C[As](C)C.C[As](C)C.[C]=O.[Cl][Rh]. The predicted molar refractivity (Wildman–Crippen MR) is 58.2 cm³/mol. The summed E-state index contributed by atoms with van der Waals surface area (Å²) in [6.07, 6.45) is 0. The van der Waals surface area contributed by atoms with E-state index in [-0.39, 0.29) is 29.3 Å². The minimum absolute atomic E-state index is 0.188. The normalized spacial score (nSPS) is 6.92. The van der Waals surface area contributed by atoms with Gasteiger partial charge in [-0.15, -0.1) is 0 Å². The van der Waals surface area contributed by atoms with Crippen LogP contribution in [0.25, 0.3) is 0 Å². The van der Waals surface area contributed by atoms with Crippen LogP contribution >= 0.6 is 9.69 Å². The van der Waals surface area contributed by atoms with Gasteiger partial charge in [0.15, 0.2) is 0 Å². The average Bonchev–Trinajstić information content (AvgIpc) is 1.93. The number of halogens is 1. The van der Waals surface area contributed by atoms with Gasteiger partial charge in [-0.25, -0.2) is 0 Å². The minimum atomic E-state index is -0.188. The van der Waals surface area contributed by atoms with Crippen LogP contribution in [0.15, 0.2) is 0 Å². The van der Waals surface area contributed by atoms with Crippen molar-refractivity contribution in [3.8, 4) is 0 Å². The van der Waals surface area contributed by atoms with Crippen molar-refractivity contribution in [1.82, 2.24) is 0 Å². The van der Waals surface area contributed by atoms with Crippen molar-refractivity contribution in [1.29, 1.82) is 0 Å². The maximum atomic E-state index is 7.50. The fourth-order valence-corrected chi connectivity index (χ4v) is 0. The molecule has 1 nitrogen and oxygen atoms in total. The molecule has 0 fully saturated rings. The summed E-state index contributed by atoms with van der Waals surface area (Å²) >= 11 is 1.65. The van der Waals surface area contributed by atoms with E-state index in [1.807, 2.05) is 17.3 Å². The van der Waals surface area contributed by atoms with Crippen LogP contribution in [0.2, 0.25) is 34.3 Å². The van der Waals surface area contributed by atoms with Crippen molar-refractivity contribution in [2.24, 2.45) is 0 Å². The molecule has 0 bridgehead atoms. The van der Waals surface area contributed by atoms with Crippen molar-refractivity contribution in [3.63, 3.8) is 0 Å². The Labute approximate surface area is 101 Å². The second-order valence-electron chi connectivity index (χ2n) is 2.68. The molecule has 0 heterocycles. The quantitative estimate of drug-likeness (QED) is 0.566. The van der Waals surface area contributed by atoms with E-state index in [4.69, 9.17) is 4.79 Å². The third-order valence-corrected chi connectivity index (χ3v) is 0. The Balaban J connectivity index is -0.0000000380. The first kappa shape index (κ1) is 23.5. The first-order chi connectivity index (χ1) is 5.46. The van der Waals surface area contributed by atoms with Gasteiger partial charge in [0.1, 0.15) is 0 Å². The van der Waals surface area contributed by atoms with Crippen LogP contribution in [-0.4, -0.2) is 36.1 Å². The Bertz CT molecular complexity index is 45.2. The monoisotopic (exact) mass is 406 g/mol. The van der Waals surface area contributed by atoms with Crippen molar-refractivity contribution in [2.45, 2.75) is 34.3 Å². The number of rotatable bonds is 0. The van der Waals surface area contributed by atoms with E-state index in [0.29, 0.717) is 0 Å². The van der Waals surface area contributed by atoms with E-state index in [9.17, 15) is 0 Å². The molecule has 0 atom stereocenters. The fourth-order valence-electron chi connectivity index (χ4n) is 0. The van der Waals surface area contributed by atoms with Crippen LogP contribution in [-0.2, 0) is 22.1 Å². The third-order valence-electron chi connectivity index (χ3n) is 0. The molecule has 0 aliphatic rings. The standard InChI is InChI=1S/2C3H9As.CO.ClH.Rh/c2*1-4(2)3;1-2;;/h2*1-3H3;;1H;/q;;;;+1/p-1. The van der Waals surface area contributed by atoms with Gasteiger partial charge in [0.25, 0.3) is 6.79 Å². The van der Waals surface area contributed by atoms with Crippen LogP contribution in [0.3, 0.4) is 0 Å². The zero-order valence-corrected chi connectivity index (χ0v) is 14.7. The molecule has 0 amide bonds. The topological polar surface area (TPSA) is 17.1 Å². The molecular formula is C7H18As2ClORh. The van der Waals surface area contributed by atoms with Crippen molar-refractivity contribution >= 4 is 45.8 Å². The van der Waals surface area contributed by atoms with Gasteiger partial charge < -0.3 is 0 Å². The molecule has 0 spiro atoms. The van der Waals surface area contributed by atoms with Crippen molar-refractivity contribution in [3.05, 3.63) is 0 Å². The summed E-state index contributed by atoms with van der Waals surface area (Å²) in [6, 6.07) is 0. The molecule has 0 N–H and O–H groups in total. The van der Waals surface area contributed by atoms with Gasteiger partial charge in [0.2, 0.25) is 0 Å². The van der Waals surface area contributed by atoms with Gasteiger partial charge in [-0.1, -0.05) is 0 Å². The molecule has 0 aliphatic carbocycles. The van der Waals surface area contributed by atoms with Crippen LogP contribution in [0.5, 0.6) is 0 Å². The molecule has 0 aromatic heterocycles. The van der Waals surface area contributed by atoms with E-state index >= 15 is 0 Å². The molecule has 5 heteroatoms. The zero-order valence-electron chi connectivity index (χ0n) is 8.51. The molecule has 0 aromatic carbocycles. The zero-order chi connectivity index (χ0) is 11.2. The van der Waals surface area contributed by atoms with E-state index in [0.717, 1.165) is 0 Å². The summed E-state index contributed by atoms with van der Waals surface area (Å²) in [4.78, 5) is 7.50. The fraction of sp³-hybridized carbons (Fsp3) is 0.857. The predicted octanol–water partition coefficient (Wildman–Crippen LogP) is 3.03. The molecular weight excluding hydrogens is 388 g/mol. The molecule has 2 radical (unpaired) electrons. The molecule has 0 rings (SSSR count). The molecule has 78 valence electrons. The van der Waals surface area contributed by atoms with E-state index < -0.39 is 0 Å². The van der Waals surface area contributed by atoms with Crippen molar-refractivity contribution < 1.29 is 22.1 Å². The van der Waals surface area contributed by atoms with E-state index in [2.05, 4.69) is 50.7 Å². The van der Waals surface area contributed by atoms with Gasteiger partial charge in [-0.05, 0) is 0 Å². The first-order valence-electron chi connectivity index (χ1n) is 3.01. The summed E-state index contributed by atoms with van der Waals surface area (Å²) in [5.41, 5.74) is 13.9. The van der Waals surface area contributed by atoms with E-state index in [1.54, 1.807) is 0 Å². The Hall–Kier alpha value is 1.70. The molecule has 0 saturated carbocycles. The number of hydrogen-bond acceptors (Lipinski definition) is 1. The summed E-state index contributed by atoms with van der Waals surface area (Å²) in [6.45, 7) is 4.50. The molecule has 12 heavy (non-hydrogen) atoms. The van der Waals surface area contributed by atoms with Gasteiger partial charge >= 0.3 is 90.6 Å². The Kier molecular flexibility index (Phi) is 57.4. The molecule has 0 aromatic rings. The van der Waals surface area contributed by atoms with Crippen molar-refractivity contribution in [2.75, 3.05) is 0 Å². The summed E-state index contributed by atoms with van der Waals surface area (Å²) < 4.78 is 0. The number of carbonyl (C=O) groups excluding carboxylic acids is 1. The summed E-state index contributed by atoms with van der Waals surface area (Å²) in [5, 5.41) is 0. The van der Waals surface area contributed by atoms with Crippen LogP contribution < -0.4 is 0 Å².